The third kappa shape index (κ3) is 3.28. The van der Waals surface area contributed by atoms with Crippen LogP contribution >= 0.6 is 0 Å². The van der Waals surface area contributed by atoms with E-state index in [2.05, 4.69) is 56.1 Å². The third-order valence-corrected chi connectivity index (χ3v) is 4.45. The summed E-state index contributed by atoms with van der Waals surface area (Å²) in [6, 6.07) is 6.35. The molecule has 0 spiro atoms. The Morgan fingerprint density at radius 2 is 1.90 bits per heavy atom. The van der Waals surface area contributed by atoms with Crippen LogP contribution in [0.1, 0.15) is 30.5 Å². The van der Waals surface area contributed by atoms with Crippen LogP contribution in [0, 0.1) is 13.8 Å². The molecule has 0 atom stereocenters. The normalized spacial score (nSPS) is 17.2. The van der Waals surface area contributed by atoms with E-state index in [0.717, 1.165) is 26.2 Å². The molecule has 20 heavy (non-hydrogen) atoms. The van der Waals surface area contributed by atoms with E-state index in [1.807, 2.05) is 0 Å². The smallest absolute Gasteiger partial charge is 0.156 e. The number of rotatable bonds is 4. The van der Waals surface area contributed by atoms with Gasteiger partial charge in [-0.25, -0.2) is 0 Å². The highest BCUT2D eigenvalue weighted by Gasteiger charge is 2.34. The van der Waals surface area contributed by atoms with Gasteiger partial charge in [0.1, 0.15) is 0 Å². The summed E-state index contributed by atoms with van der Waals surface area (Å²) in [5, 5.41) is 3.34. The molecule has 1 heterocycles. The van der Waals surface area contributed by atoms with Gasteiger partial charge in [-0.15, -0.1) is 0 Å². The number of hydrogen-bond donors (Lipinski definition) is 1. The first-order chi connectivity index (χ1) is 9.41. The molecule has 3 heteroatoms. The summed E-state index contributed by atoms with van der Waals surface area (Å²) in [6.07, 6.45) is 0.532. The zero-order chi connectivity index (χ0) is 14.8. The van der Waals surface area contributed by atoms with Crippen molar-refractivity contribution in [2.75, 3.05) is 26.2 Å². The number of aryl methyl sites for hydroxylation is 2. The van der Waals surface area contributed by atoms with E-state index >= 15 is 0 Å². The van der Waals surface area contributed by atoms with Crippen molar-refractivity contribution in [1.29, 1.82) is 0 Å². The van der Waals surface area contributed by atoms with Crippen LogP contribution in [0.3, 0.4) is 0 Å². The molecule has 0 unspecified atom stereocenters. The number of ketones is 1. The van der Waals surface area contributed by atoms with Crippen molar-refractivity contribution in [1.82, 2.24) is 10.2 Å². The molecule has 0 saturated carbocycles. The molecule has 1 aliphatic heterocycles. The molecule has 0 radical (unpaired) electrons. The van der Waals surface area contributed by atoms with Gasteiger partial charge >= 0.3 is 0 Å². The van der Waals surface area contributed by atoms with E-state index in [0.29, 0.717) is 12.2 Å². The maximum Gasteiger partial charge on any atom is 0.156 e. The van der Waals surface area contributed by atoms with Crippen LogP contribution in [0.5, 0.6) is 0 Å². The van der Waals surface area contributed by atoms with Crippen LogP contribution in [0.2, 0.25) is 0 Å². The van der Waals surface area contributed by atoms with Crippen LogP contribution in [0.25, 0.3) is 0 Å². The van der Waals surface area contributed by atoms with Crippen LogP contribution in [0.4, 0.5) is 0 Å². The topological polar surface area (TPSA) is 32.3 Å². The fourth-order valence-corrected chi connectivity index (χ4v) is 2.78. The maximum atomic E-state index is 12.7. The molecule has 1 N–H and O–H groups in total. The number of carbonyl (C=O) groups is 1. The van der Waals surface area contributed by atoms with Crippen LogP contribution in [0.15, 0.2) is 18.2 Å². The molecule has 0 aromatic heterocycles. The molecule has 1 aliphatic rings. The van der Waals surface area contributed by atoms with E-state index in [4.69, 9.17) is 0 Å². The number of hydrogen-bond acceptors (Lipinski definition) is 3. The highest BCUT2D eigenvalue weighted by molar-refractivity contribution is 5.89. The first-order valence-corrected chi connectivity index (χ1v) is 7.46. The maximum absolute atomic E-state index is 12.7. The highest BCUT2D eigenvalue weighted by Crippen LogP contribution is 2.20. The fraction of sp³-hybridized carbons (Fsp3) is 0.588. The number of benzene rings is 1. The minimum atomic E-state index is -0.377. The molecule has 110 valence electrons. The molecular weight excluding hydrogens is 248 g/mol. The summed E-state index contributed by atoms with van der Waals surface area (Å²) in [5.74, 6) is 0.313. The molecule has 1 aromatic rings. The van der Waals surface area contributed by atoms with Crippen LogP contribution in [-0.4, -0.2) is 42.4 Å². The SMILES string of the molecule is Cc1ccc(C)c(CC(=O)C(C)(C)N2CCNCC2)c1. The number of piperazine rings is 1. The van der Waals surface area contributed by atoms with E-state index < -0.39 is 0 Å². The van der Waals surface area contributed by atoms with Gasteiger partial charge < -0.3 is 5.32 Å². The largest absolute Gasteiger partial charge is 0.314 e. The lowest BCUT2D eigenvalue weighted by molar-refractivity contribution is -0.129. The predicted molar refractivity (Wildman–Crippen MR) is 83.1 cm³/mol. The van der Waals surface area contributed by atoms with Crippen molar-refractivity contribution in [2.24, 2.45) is 0 Å². The lowest BCUT2D eigenvalue weighted by Gasteiger charge is -2.40. The molecular formula is C17H26N2O. The molecule has 3 nitrogen and oxygen atoms in total. The summed E-state index contributed by atoms with van der Waals surface area (Å²) in [6.45, 7) is 12.1. The van der Waals surface area contributed by atoms with E-state index in [1.54, 1.807) is 0 Å². The van der Waals surface area contributed by atoms with Crippen molar-refractivity contribution >= 4 is 5.78 Å². The summed E-state index contributed by atoms with van der Waals surface area (Å²) >= 11 is 0. The molecule has 1 saturated heterocycles. The standard InChI is InChI=1S/C17H26N2O/c1-13-5-6-14(2)15(11-13)12-16(20)17(3,4)19-9-7-18-8-10-19/h5-6,11,18H,7-10,12H2,1-4H3. The lowest BCUT2D eigenvalue weighted by Crippen LogP contribution is -2.57. The van der Waals surface area contributed by atoms with Gasteiger partial charge in [0, 0.05) is 32.6 Å². The Morgan fingerprint density at radius 3 is 2.55 bits per heavy atom. The van der Waals surface area contributed by atoms with Crippen molar-refractivity contribution in [3.63, 3.8) is 0 Å². The number of Topliss-reactive ketones (excluding diaryl/α,β-unsaturated/α-hetero) is 1. The Kier molecular flexibility index (Phi) is 4.61. The molecule has 0 aliphatic carbocycles. The molecule has 0 amide bonds. The Morgan fingerprint density at radius 1 is 1.25 bits per heavy atom. The zero-order valence-electron chi connectivity index (χ0n) is 13.1. The van der Waals surface area contributed by atoms with Gasteiger partial charge in [0.2, 0.25) is 0 Å². The third-order valence-electron chi connectivity index (χ3n) is 4.45. The van der Waals surface area contributed by atoms with Crippen LogP contribution in [-0.2, 0) is 11.2 Å². The van der Waals surface area contributed by atoms with Crippen molar-refractivity contribution in [3.05, 3.63) is 34.9 Å². The average molecular weight is 274 g/mol. The Balaban J connectivity index is 2.11. The first kappa shape index (κ1) is 15.2. The second-order valence-corrected chi connectivity index (χ2v) is 6.33. The second kappa shape index (κ2) is 6.06. The number of nitrogens with one attached hydrogen (secondary N) is 1. The number of carbonyl (C=O) groups excluding carboxylic acids is 1. The highest BCUT2D eigenvalue weighted by atomic mass is 16.1. The molecule has 1 fully saturated rings. The summed E-state index contributed by atoms with van der Waals surface area (Å²) in [7, 11) is 0. The van der Waals surface area contributed by atoms with Crippen molar-refractivity contribution in [3.8, 4) is 0 Å². The number of nitrogens with zero attached hydrogens (tertiary/aromatic N) is 1. The fourth-order valence-electron chi connectivity index (χ4n) is 2.78. The van der Waals surface area contributed by atoms with E-state index in [9.17, 15) is 4.79 Å². The van der Waals surface area contributed by atoms with Gasteiger partial charge in [-0.1, -0.05) is 23.8 Å². The average Bonchev–Trinajstić information content (AvgIpc) is 2.43. The quantitative estimate of drug-likeness (QED) is 0.912. The van der Waals surface area contributed by atoms with E-state index in [-0.39, 0.29) is 5.54 Å². The monoisotopic (exact) mass is 274 g/mol. The van der Waals surface area contributed by atoms with Gasteiger partial charge in [0.15, 0.2) is 5.78 Å². The lowest BCUT2D eigenvalue weighted by atomic mass is 9.89. The first-order valence-electron chi connectivity index (χ1n) is 7.46. The van der Waals surface area contributed by atoms with Crippen molar-refractivity contribution in [2.45, 2.75) is 39.7 Å². The summed E-state index contributed by atoms with van der Waals surface area (Å²) in [5.41, 5.74) is 3.22. The van der Waals surface area contributed by atoms with E-state index in [1.165, 1.54) is 16.7 Å². The van der Waals surface area contributed by atoms with Gasteiger partial charge in [0.25, 0.3) is 0 Å². The second-order valence-electron chi connectivity index (χ2n) is 6.33. The molecule has 2 rings (SSSR count). The van der Waals surface area contributed by atoms with Gasteiger partial charge in [-0.3, -0.25) is 9.69 Å². The Hall–Kier alpha value is -1.19. The predicted octanol–water partition coefficient (Wildman–Crippen LogP) is 2.10. The van der Waals surface area contributed by atoms with Gasteiger partial charge in [0.05, 0.1) is 5.54 Å². The minimum absolute atomic E-state index is 0.313. The van der Waals surface area contributed by atoms with Crippen LogP contribution < -0.4 is 5.32 Å². The molecule has 0 bridgehead atoms. The Labute approximate surface area is 122 Å². The zero-order valence-corrected chi connectivity index (χ0v) is 13.1. The minimum Gasteiger partial charge on any atom is -0.314 e. The van der Waals surface area contributed by atoms with Crippen molar-refractivity contribution < 1.29 is 4.79 Å². The molecule has 1 aromatic carbocycles. The Bertz CT molecular complexity index is 488. The summed E-state index contributed by atoms with van der Waals surface area (Å²) in [4.78, 5) is 15.0. The summed E-state index contributed by atoms with van der Waals surface area (Å²) < 4.78 is 0. The van der Waals surface area contributed by atoms with Gasteiger partial charge in [-0.05, 0) is 38.8 Å². The van der Waals surface area contributed by atoms with Gasteiger partial charge in [-0.2, -0.15) is 0 Å².